The number of carbonyl (C=O) groups is 1. The Morgan fingerprint density at radius 2 is 1.45 bits per heavy atom. The number of rotatable bonds is 11. The molecule has 3 saturated heterocycles. The van der Waals surface area contributed by atoms with Crippen LogP contribution in [-0.4, -0.2) is 152 Å². The summed E-state index contributed by atoms with van der Waals surface area (Å²) >= 11 is 0. The van der Waals surface area contributed by atoms with Crippen LogP contribution in [0.5, 0.6) is 0 Å². The van der Waals surface area contributed by atoms with Gasteiger partial charge in [-0.15, -0.1) is 0 Å². The van der Waals surface area contributed by atoms with E-state index in [-0.39, 0.29) is 25.4 Å². The van der Waals surface area contributed by atoms with E-state index in [2.05, 4.69) is 0 Å². The van der Waals surface area contributed by atoms with Crippen LogP contribution in [0.1, 0.15) is 51.9 Å². The van der Waals surface area contributed by atoms with Crippen LogP contribution in [0, 0.1) is 5.92 Å². The van der Waals surface area contributed by atoms with Crippen LogP contribution in [0.3, 0.4) is 0 Å². The molecule has 8 N–H and O–H groups in total. The molecule has 0 radical (unpaired) electrons. The van der Waals surface area contributed by atoms with Crippen molar-refractivity contribution in [2.75, 3.05) is 19.8 Å². The van der Waals surface area contributed by atoms with Gasteiger partial charge >= 0.3 is 5.97 Å². The number of aliphatic carboxylic acids is 1. The second-order valence-electron chi connectivity index (χ2n) is 11.7. The molecule has 0 aromatic heterocycles. The minimum absolute atomic E-state index is 0.110. The van der Waals surface area contributed by atoms with Crippen molar-refractivity contribution in [3.05, 3.63) is 0 Å². The normalized spacial score (nSPS) is 44.5. The molecule has 4 aliphatic rings. The third-order valence-corrected chi connectivity index (χ3v) is 8.75. The van der Waals surface area contributed by atoms with E-state index in [4.69, 9.17) is 28.4 Å². The minimum Gasteiger partial charge on any atom is -0.479 e. The van der Waals surface area contributed by atoms with Crippen molar-refractivity contribution in [1.82, 2.24) is 0 Å². The highest BCUT2D eigenvalue weighted by Crippen LogP contribution is 2.34. The Labute approximate surface area is 243 Å². The summed E-state index contributed by atoms with van der Waals surface area (Å²) in [4.78, 5) is 12.1. The number of hydrogen-bond donors (Lipinski definition) is 8. The predicted octanol–water partition coefficient (Wildman–Crippen LogP) is -2.39. The Morgan fingerprint density at radius 3 is 2.10 bits per heavy atom. The van der Waals surface area contributed by atoms with E-state index in [1.807, 2.05) is 0 Å². The number of ether oxygens (including phenoxy) is 6. The van der Waals surface area contributed by atoms with Crippen molar-refractivity contribution in [2.45, 2.75) is 138 Å². The lowest BCUT2D eigenvalue weighted by Crippen LogP contribution is -2.63. The maximum absolute atomic E-state index is 12.1. The van der Waals surface area contributed by atoms with Gasteiger partial charge in [0.15, 0.2) is 18.7 Å². The summed E-state index contributed by atoms with van der Waals surface area (Å²) in [5, 5.41) is 82.4. The van der Waals surface area contributed by atoms with Crippen LogP contribution < -0.4 is 0 Å². The Balaban J connectivity index is 1.49. The van der Waals surface area contributed by atoms with Gasteiger partial charge in [-0.1, -0.05) is 32.1 Å². The molecule has 1 aliphatic carbocycles. The molecule has 4 rings (SSSR count). The quantitative estimate of drug-likeness (QED) is 0.122. The smallest absolute Gasteiger partial charge is 0.332 e. The van der Waals surface area contributed by atoms with Crippen LogP contribution in [0.15, 0.2) is 0 Å². The summed E-state index contributed by atoms with van der Waals surface area (Å²) in [6.45, 7) is 0.393. The van der Waals surface area contributed by atoms with Crippen molar-refractivity contribution in [3.8, 4) is 0 Å². The van der Waals surface area contributed by atoms with Crippen LogP contribution in [0.4, 0.5) is 0 Å². The Hall–Kier alpha value is -1.05. The first-order valence-corrected chi connectivity index (χ1v) is 14.8. The molecule has 1 saturated carbocycles. The van der Waals surface area contributed by atoms with Gasteiger partial charge in [0, 0.05) is 6.61 Å². The van der Waals surface area contributed by atoms with Crippen molar-refractivity contribution in [2.24, 2.45) is 5.92 Å². The summed E-state index contributed by atoms with van der Waals surface area (Å²) in [7, 11) is 0. The second kappa shape index (κ2) is 15.3. The first kappa shape index (κ1) is 33.8. The SMILES string of the molecule is CC1OC(OC2C(CO)OCCC2OC2OC(CO)C(O)C(O[C@@H](CC3CCCCC3)C(=O)O)C2O)C(O)C(O)C1O. The fourth-order valence-corrected chi connectivity index (χ4v) is 6.22. The zero-order valence-electron chi connectivity index (χ0n) is 23.7. The molecule has 0 aromatic rings. The van der Waals surface area contributed by atoms with Crippen LogP contribution >= 0.6 is 0 Å². The minimum atomic E-state index is -1.68. The average Bonchev–Trinajstić information content (AvgIpc) is 2.98. The highest BCUT2D eigenvalue weighted by Gasteiger charge is 2.51. The topological polar surface area (TPSA) is 234 Å². The molecule has 0 amide bonds. The fraction of sp³-hybridized carbons (Fsp3) is 0.963. The molecule has 0 aromatic carbocycles. The molecule has 42 heavy (non-hydrogen) atoms. The van der Waals surface area contributed by atoms with Gasteiger partial charge in [-0.05, 0) is 25.7 Å². The highest BCUT2D eigenvalue weighted by molar-refractivity contribution is 5.72. The lowest BCUT2D eigenvalue weighted by molar-refractivity contribution is -0.356. The van der Waals surface area contributed by atoms with Gasteiger partial charge in [0.05, 0.1) is 25.4 Å². The molecular formula is C27H46O15. The van der Waals surface area contributed by atoms with Gasteiger partial charge < -0.3 is 69.3 Å². The van der Waals surface area contributed by atoms with Gasteiger partial charge in [0.1, 0.15) is 54.9 Å². The van der Waals surface area contributed by atoms with Gasteiger partial charge in [0.2, 0.25) is 0 Å². The van der Waals surface area contributed by atoms with E-state index < -0.39 is 105 Å². The standard InChI is InChI=1S/C27H46O15/c1-12-18(30)20(32)21(33)26(38-12)42-23-14(7-8-37-17(23)11-29)40-27-22(34)24(19(31)16(10-28)41-27)39-15(25(35)36)9-13-5-3-2-4-6-13/h12-24,26-34H,2-11H2,1H3,(H,35,36)/t12?,14?,15-,16?,17?,18?,19?,20?,21?,22?,23?,24?,26?,27?/m0/s1. The maximum atomic E-state index is 12.1. The second-order valence-corrected chi connectivity index (χ2v) is 11.7. The maximum Gasteiger partial charge on any atom is 0.332 e. The lowest BCUT2D eigenvalue weighted by Gasteiger charge is -2.47. The van der Waals surface area contributed by atoms with Gasteiger partial charge in [-0.2, -0.15) is 0 Å². The zero-order valence-corrected chi connectivity index (χ0v) is 23.7. The Bertz CT molecular complexity index is 842. The number of hydrogen-bond acceptors (Lipinski definition) is 14. The fourth-order valence-electron chi connectivity index (χ4n) is 6.22. The van der Waals surface area contributed by atoms with E-state index >= 15 is 0 Å². The van der Waals surface area contributed by atoms with Crippen molar-refractivity contribution < 1.29 is 74.1 Å². The van der Waals surface area contributed by atoms with Crippen LogP contribution in [-0.2, 0) is 33.2 Å². The Kier molecular flexibility index (Phi) is 12.3. The van der Waals surface area contributed by atoms with Gasteiger partial charge in [-0.25, -0.2) is 4.79 Å². The van der Waals surface area contributed by atoms with Crippen LogP contribution in [0.25, 0.3) is 0 Å². The molecule has 4 fully saturated rings. The van der Waals surface area contributed by atoms with E-state index in [1.165, 1.54) is 6.92 Å². The van der Waals surface area contributed by atoms with Gasteiger partial charge in [-0.3, -0.25) is 0 Å². The summed E-state index contributed by atoms with van der Waals surface area (Å²) in [6.07, 6.45) is -13.6. The molecule has 3 aliphatic heterocycles. The molecule has 14 atom stereocenters. The number of aliphatic hydroxyl groups excluding tert-OH is 7. The number of aliphatic hydroxyl groups is 7. The van der Waals surface area contributed by atoms with E-state index in [0.29, 0.717) is 0 Å². The average molecular weight is 611 g/mol. The molecule has 0 spiro atoms. The Morgan fingerprint density at radius 1 is 0.786 bits per heavy atom. The lowest BCUT2D eigenvalue weighted by atomic mass is 9.85. The molecule has 3 heterocycles. The summed E-state index contributed by atoms with van der Waals surface area (Å²) in [6, 6.07) is 0. The van der Waals surface area contributed by atoms with E-state index in [1.54, 1.807) is 0 Å². The molecule has 0 bridgehead atoms. The summed E-state index contributed by atoms with van der Waals surface area (Å²) < 4.78 is 34.5. The van der Waals surface area contributed by atoms with E-state index in [9.17, 15) is 45.6 Å². The number of carboxylic acid groups (broad SMARTS) is 1. The molecule has 244 valence electrons. The van der Waals surface area contributed by atoms with Gasteiger partial charge in [0.25, 0.3) is 0 Å². The molecule has 15 heteroatoms. The number of carboxylic acids is 1. The zero-order chi connectivity index (χ0) is 30.6. The molecular weight excluding hydrogens is 564 g/mol. The predicted molar refractivity (Wildman–Crippen MR) is 139 cm³/mol. The highest BCUT2D eigenvalue weighted by atomic mass is 16.7. The molecule has 13 unspecified atom stereocenters. The van der Waals surface area contributed by atoms with Crippen molar-refractivity contribution >= 4 is 5.97 Å². The molecule has 15 nitrogen and oxygen atoms in total. The summed E-state index contributed by atoms with van der Waals surface area (Å²) in [5.41, 5.74) is 0. The largest absolute Gasteiger partial charge is 0.479 e. The van der Waals surface area contributed by atoms with Crippen molar-refractivity contribution in [1.29, 1.82) is 0 Å². The third kappa shape index (κ3) is 7.77. The summed E-state index contributed by atoms with van der Waals surface area (Å²) in [5.74, 6) is -1.11. The first-order chi connectivity index (χ1) is 20.0. The van der Waals surface area contributed by atoms with Crippen LogP contribution in [0.2, 0.25) is 0 Å². The van der Waals surface area contributed by atoms with Crippen molar-refractivity contribution in [3.63, 3.8) is 0 Å². The monoisotopic (exact) mass is 610 g/mol. The first-order valence-electron chi connectivity index (χ1n) is 14.8. The van der Waals surface area contributed by atoms with E-state index in [0.717, 1.165) is 32.1 Å². The third-order valence-electron chi connectivity index (χ3n) is 8.75.